The predicted octanol–water partition coefficient (Wildman–Crippen LogP) is 1.49. The third-order valence-electron chi connectivity index (χ3n) is 3.04. The predicted molar refractivity (Wildman–Crippen MR) is 76.7 cm³/mol. The molecule has 0 unspecified atom stereocenters. The molecular weight excluding hydrogens is 256 g/mol. The summed E-state index contributed by atoms with van der Waals surface area (Å²) in [5.41, 5.74) is 5.92. The van der Waals surface area contributed by atoms with Crippen LogP contribution in [0, 0.1) is 0 Å². The van der Waals surface area contributed by atoms with E-state index in [1.165, 1.54) is 0 Å². The zero-order valence-corrected chi connectivity index (χ0v) is 11.3. The topological polar surface area (TPSA) is 101 Å². The van der Waals surface area contributed by atoms with Gasteiger partial charge in [0.05, 0.1) is 11.1 Å². The van der Waals surface area contributed by atoms with Crippen molar-refractivity contribution in [1.82, 2.24) is 10.3 Å². The summed E-state index contributed by atoms with van der Waals surface area (Å²) in [4.78, 5) is 16.4. The van der Waals surface area contributed by atoms with E-state index in [2.05, 4.69) is 15.5 Å². The lowest BCUT2D eigenvalue weighted by molar-refractivity contribution is 0.0931. The van der Waals surface area contributed by atoms with Crippen molar-refractivity contribution in [2.45, 2.75) is 19.4 Å². The molecule has 0 radical (unpaired) electrons. The van der Waals surface area contributed by atoms with Gasteiger partial charge in [0.2, 0.25) is 0 Å². The van der Waals surface area contributed by atoms with Crippen LogP contribution in [-0.4, -0.2) is 27.5 Å². The quantitative estimate of drug-likeness (QED) is 0.341. The zero-order valence-electron chi connectivity index (χ0n) is 11.3. The van der Waals surface area contributed by atoms with Crippen LogP contribution in [0.25, 0.3) is 10.9 Å². The lowest BCUT2D eigenvalue weighted by atomic mass is 10.0. The van der Waals surface area contributed by atoms with Crippen molar-refractivity contribution in [3.63, 3.8) is 0 Å². The highest BCUT2D eigenvalue weighted by Gasteiger charge is 2.26. The number of amides is 1. The van der Waals surface area contributed by atoms with E-state index in [-0.39, 0.29) is 11.7 Å². The maximum atomic E-state index is 12.2. The Morgan fingerprint density at radius 1 is 1.40 bits per heavy atom. The second-order valence-electron chi connectivity index (χ2n) is 4.98. The van der Waals surface area contributed by atoms with Crippen LogP contribution in [0.5, 0.6) is 0 Å². The van der Waals surface area contributed by atoms with Gasteiger partial charge in [-0.05, 0) is 38.1 Å². The Morgan fingerprint density at radius 2 is 2.15 bits per heavy atom. The number of nitrogens with two attached hydrogens (primary N) is 1. The van der Waals surface area contributed by atoms with Crippen LogP contribution < -0.4 is 11.1 Å². The van der Waals surface area contributed by atoms with Gasteiger partial charge in [0.25, 0.3) is 5.91 Å². The van der Waals surface area contributed by atoms with E-state index in [9.17, 15) is 4.79 Å². The molecule has 0 fully saturated rings. The van der Waals surface area contributed by atoms with E-state index < -0.39 is 5.54 Å². The van der Waals surface area contributed by atoms with Crippen LogP contribution in [0.2, 0.25) is 0 Å². The smallest absolute Gasteiger partial charge is 0.252 e. The zero-order chi connectivity index (χ0) is 14.8. The lowest BCUT2D eigenvalue weighted by Crippen LogP contribution is -2.53. The monoisotopic (exact) mass is 272 g/mol. The molecule has 1 aromatic heterocycles. The molecule has 0 saturated heterocycles. The van der Waals surface area contributed by atoms with Gasteiger partial charge in [-0.25, -0.2) is 0 Å². The van der Waals surface area contributed by atoms with Gasteiger partial charge >= 0.3 is 0 Å². The minimum absolute atomic E-state index is 0.0618. The molecule has 6 heteroatoms. The summed E-state index contributed by atoms with van der Waals surface area (Å²) in [5, 5.41) is 15.2. The number of oxime groups is 1. The summed E-state index contributed by atoms with van der Waals surface area (Å²) >= 11 is 0. The second kappa shape index (κ2) is 5.16. The molecular formula is C14H16N4O2. The number of amidine groups is 1. The average Bonchev–Trinajstić information content (AvgIpc) is 2.45. The van der Waals surface area contributed by atoms with Crippen LogP contribution in [-0.2, 0) is 0 Å². The Bertz CT molecular complexity index is 680. The van der Waals surface area contributed by atoms with Crippen molar-refractivity contribution in [2.75, 3.05) is 0 Å². The summed E-state index contributed by atoms with van der Waals surface area (Å²) < 4.78 is 0. The van der Waals surface area contributed by atoms with Gasteiger partial charge in [-0.15, -0.1) is 0 Å². The Hall–Kier alpha value is -2.63. The fourth-order valence-corrected chi connectivity index (χ4v) is 1.76. The van der Waals surface area contributed by atoms with Gasteiger partial charge < -0.3 is 16.3 Å². The van der Waals surface area contributed by atoms with E-state index in [4.69, 9.17) is 10.9 Å². The molecule has 4 N–H and O–H groups in total. The fourth-order valence-electron chi connectivity index (χ4n) is 1.76. The second-order valence-corrected chi connectivity index (χ2v) is 4.98. The highest BCUT2D eigenvalue weighted by atomic mass is 16.4. The summed E-state index contributed by atoms with van der Waals surface area (Å²) in [6.45, 7) is 3.31. The molecule has 1 heterocycles. The summed E-state index contributed by atoms with van der Waals surface area (Å²) in [5.74, 6) is -0.361. The first kappa shape index (κ1) is 13.8. The normalized spacial score (nSPS) is 12.4. The number of pyridine rings is 1. The molecule has 0 bridgehead atoms. The molecule has 0 aliphatic rings. The Balaban J connectivity index is 2.28. The maximum absolute atomic E-state index is 12.2. The molecule has 20 heavy (non-hydrogen) atoms. The maximum Gasteiger partial charge on any atom is 0.252 e. The number of carbonyl (C=O) groups excluding carboxylic acids is 1. The molecule has 2 aromatic rings. The standard InChI is InChI=1S/C14H16N4O2/c1-14(2,13(15)18-20)17-12(19)10-5-6-11-9(8-10)4-3-7-16-11/h3-8,20H,1-2H3,(H2,15,18)(H,17,19). The first-order valence-electron chi connectivity index (χ1n) is 6.09. The third-order valence-corrected chi connectivity index (χ3v) is 3.04. The van der Waals surface area contributed by atoms with E-state index in [1.54, 1.807) is 38.2 Å². The Morgan fingerprint density at radius 3 is 2.85 bits per heavy atom. The van der Waals surface area contributed by atoms with Crippen LogP contribution >= 0.6 is 0 Å². The SMILES string of the molecule is CC(C)(NC(=O)c1ccc2ncccc2c1)C(N)=NO. The van der Waals surface area contributed by atoms with Crippen LogP contribution in [0.3, 0.4) is 0 Å². The van der Waals surface area contributed by atoms with E-state index in [0.717, 1.165) is 10.9 Å². The molecule has 0 spiro atoms. The number of benzene rings is 1. The number of fused-ring (bicyclic) bond motifs is 1. The van der Waals surface area contributed by atoms with E-state index in [0.29, 0.717) is 5.56 Å². The number of carbonyl (C=O) groups is 1. The van der Waals surface area contributed by atoms with Crippen molar-refractivity contribution in [2.24, 2.45) is 10.9 Å². The summed E-state index contributed by atoms with van der Waals surface area (Å²) in [6, 6.07) is 8.91. The molecule has 1 amide bonds. The largest absolute Gasteiger partial charge is 0.409 e. The van der Waals surface area contributed by atoms with Gasteiger partial charge in [-0.2, -0.15) is 0 Å². The van der Waals surface area contributed by atoms with Gasteiger partial charge in [0.1, 0.15) is 0 Å². The molecule has 0 aliphatic heterocycles. The molecule has 0 saturated carbocycles. The molecule has 0 atom stereocenters. The van der Waals surface area contributed by atoms with Crippen molar-refractivity contribution in [3.05, 3.63) is 42.1 Å². The summed E-state index contributed by atoms with van der Waals surface area (Å²) in [7, 11) is 0. The molecule has 1 aromatic carbocycles. The van der Waals surface area contributed by atoms with E-state index >= 15 is 0 Å². The summed E-state index contributed by atoms with van der Waals surface area (Å²) in [6.07, 6.45) is 1.70. The van der Waals surface area contributed by atoms with Gasteiger partial charge in [0.15, 0.2) is 5.84 Å². The Labute approximate surface area is 116 Å². The number of nitrogens with zero attached hydrogens (tertiary/aromatic N) is 2. The van der Waals surface area contributed by atoms with Crippen molar-refractivity contribution in [1.29, 1.82) is 0 Å². The van der Waals surface area contributed by atoms with Gasteiger partial charge in [0, 0.05) is 17.1 Å². The van der Waals surface area contributed by atoms with Crippen LogP contribution in [0.4, 0.5) is 0 Å². The highest BCUT2D eigenvalue weighted by Crippen LogP contribution is 2.14. The first-order valence-corrected chi connectivity index (χ1v) is 6.09. The molecule has 6 nitrogen and oxygen atoms in total. The van der Waals surface area contributed by atoms with Gasteiger partial charge in [-0.1, -0.05) is 11.2 Å². The van der Waals surface area contributed by atoms with E-state index in [1.807, 2.05) is 12.1 Å². The number of hydrogen-bond acceptors (Lipinski definition) is 4. The van der Waals surface area contributed by atoms with Crippen molar-refractivity contribution in [3.8, 4) is 0 Å². The van der Waals surface area contributed by atoms with Gasteiger partial charge in [-0.3, -0.25) is 9.78 Å². The fraction of sp³-hybridized carbons (Fsp3) is 0.214. The van der Waals surface area contributed by atoms with Crippen molar-refractivity contribution < 1.29 is 10.0 Å². The molecule has 104 valence electrons. The Kier molecular flexibility index (Phi) is 3.56. The minimum Gasteiger partial charge on any atom is -0.409 e. The molecule has 2 rings (SSSR count). The van der Waals surface area contributed by atoms with Crippen LogP contribution in [0.1, 0.15) is 24.2 Å². The number of aromatic nitrogens is 1. The first-order chi connectivity index (χ1) is 9.44. The average molecular weight is 272 g/mol. The van der Waals surface area contributed by atoms with Crippen molar-refractivity contribution >= 4 is 22.6 Å². The minimum atomic E-state index is -0.935. The highest BCUT2D eigenvalue weighted by molar-refractivity contribution is 6.01. The van der Waals surface area contributed by atoms with Crippen LogP contribution in [0.15, 0.2) is 41.7 Å². The number of nitrogens with one attached hydrogen (secondary N) is 1. The third kappa shape index (κ3) is 2.69. The lowest BCUT2D eigenvalue weighted by Gasteiger charge is -2.24. The number of hydrogen-bond donors (Lipinski definition) is 3. The molecule has 0 aliphatic carbocycles. The number of rotatable bonds is 3.